The Morgan fingerprint density at radius 1 is 1.00 bits per heavy atom. The summed E-state index contributed by atoms with van der Waals surface area (Å²) in [5, 5.41) is 9.02. The van der Waals surface area contributed by atoms with Crippen molar-refractivity contribution in [3.63, 3.8) is 0 Å². The van der Waals surface area contributed by atoms with Crippen molar-refractivity contribution in [3.05, 3.63) is 70.8 Å². The van der Waals surface area contributed by atoms with E-state index in [-0.39, 0.29) is 36.7 Å². The van der Waals surface area contributed by atoms with Gasteiger partial charge in [-0.1, -0.05) is 62.7 Å². The lowest BCUT2D eigenvalue weighted by Crippen LogP contribution is -2.59. The lowest BCUT2D eigenvalue weighted by molar-refractivity contribution is -0.144. The third-order valence-corrected chi connectivity index (χ3v) is 8.03. The molecule has 1 aliphatic carbocycles. The Kier molecular flexibility index (Phi) is 9.17. The Morgan fingerprint density at radius 3 is 2.34 bits per heavy atom. The normalized spacial score (nSPS) is 21.8. The summed E-state index contributed by atoms with van der Waals surface area (Å²) in [5.41, 5.74) is 9.02. The van der Waals surface area contributed by atoms with E-state index in [0.29, 0.717) is 5.56 Å². The molecule has 5 atom stereocenters. The van der Waals surface area contributed by atoms with Crippen LogP contribution in [0.3, 0.4) is 0 Å². The van der Waals surface area contributed by atoms with Crippen molar-refractivity contribution < 1.29 is 19.2 Å². The standard InChI is InChI=1S/C32H43N5O4/c1-19-13-15-22(16-14-19)29(39)34-23-17-26(30(40)35-25-12-8-10-21-9-6-7-11-24(21)25)37(18-23)31(41)27(32(3,4)5)36-28(38)20(2)33/h6-7,9,11,13-16,20,23,25-27H,8,10,12,17-18,33H2,1-5H3,(H,34,39)(H,35,40)(H,36,38)/t20-,23-,25+,26-,27+/m0/s1. The summed E-state index contributed by atoms with van der Waals surface area (Å²) in [6.45, 7) is 9.24. The summed E-state index contributed by atoms with van der Waals surface area (Å²) >= 11 is 0. The number of nitrogens with two attached hydrogens (primary N) is 1. The van der Waals surface area contributed by atoms with E-state index in [1.165, 1.54) is 10.5 Å². The molecule has 2 aliphatic rings. The van der Waals surface area contributed by atoms with Gasteiger partial charge in [0, 0.05) is 18.2 Å². The predicted octanol–water partition coefficient (Wildman–Crippen LogP) is 2.77. The number of carbonyl (C=O) groups excluding carboxylic acids is 4. The van der Waals surface area contributed by atoms with E-state index in [2.05, 4.69) is 22.0 Å². The number of nitrogens with zero attached hydrogens (tertiary/aromatic N) is 1. The van der Waals surface area contributed by atoms with Gasteiger partial charge in [-0.25, -0.2) is 0 Å². The van der Waals surface area contributed by atoms with Gasteiger partial charge < -0.3 is 26.6 Å². The highest BCUT2D eigenvalue weighted by Gasteiger charge is 2.45. The van der Waals surface area contributed by atoms with Crippen molar-refractivity contribution in [2.75, 3.05) is 6.54 Å². The van der Waals surface area contributed by atoms with Crippen LogP contribution in [0.4, 0.5) is 0 Å². The van der Waals surface area contributed by atoms with Crippen molar-refractivity contribution in [1.29, 1.82) is 0 Å². The molecule has 0 aromatic heterocycles. The van der Waals surface area contributed by atoms with Crippen LogP contribution in [0.2, 0.25) is 0 Å². The molecule has 5 N–H and O–H groups in total. The fraction of sp³-hybridized carbons (Fsp3) is 0.500. The van der Waals surface area contributed by atoms with E-state index < -0.39 is 35.5 Å². The molecule has 4 rings (SSSR count). The van der Waals surface area contributed by atoms with Crippen LogP contribution in [0.15, 0.2) is 48.5 Å². The quantitative estimate of drug-likeness (QED) is 0.413. The molecular formula is C32H43N5O4. The minimum atomic E-state index is -0.904. The van der Waals surface area contributed by atoms with Gasteiger partial charge in [-0.05, 0) is 68.2 Å². The fourth-order valence-electron chi connectivity index (χ4n) is 5.67. The maximum Gasteiger partial charge on any atom is 0.251 e. The number of hydrogen-bond donors (Lipinski definition) is 4. The van der Waals surface area contributed by atoms with Gasteiger partial charge in [-0.2, -0.15) is 0 Å². The lowest BCUT2D eigenvalue weighted by atomic mass is 9.85. The number of aryl methyl sites for hydroxylation is 2. The molecule has 2 aromatic rings. The first kappa shape index (κ1) is 30.2. The highest BCUT2D eigenvalue weighted by atomic mass is 16.2. The fourth-order valence-corrected chi connectivity index (χ4v) is 5.67. The van der Waals surface area contributed by atoms with E-state index in [1.54, 1.807) is 19.1 Å². The third-order valence-electron chi connectivity index (χ3n) is 8.03. The predicted molar refractivity (Wildman–Crippen MR) is 158 cm³/mol. The molecule has 0 bridgehead atoms. The molecular weight excluding hydrogens is 518 g/mol. The smallest absolute Gasteiger partial charge is 0.251 e. The molecule has 41 heavy (non-hydrogen) atoms. The van der Waals surface area contributed by atoms with Crippen molar-refractivity contribution in [3.8, 4) is 0 Å². The molecule has 0 spiro atoms. The van der Waals surface area contributed by atoms with Crippen LogP contribution in [-0.4, -0.2) is 59.2 Å². The number of nitrogens with one attached hydrogen (secondary N) is 3. The zero-order valence-electron chi connectivity index (χ0n) is 24.7. The van der Waals surface area contributed by atoms with Gasteiger partial charge in [0.2, 0.25) is 17.7 Å². The van der Waals surface area contributed by atoms with Crippen LogP contribution in [-0.2, 0) is 20.8 Å². The Labute approximate surface area is 242 Å². The highest BCUT2D eigenvalue weighted by Crippen LogP contribution is 2.31. The maximum atomic E-state index is 14.1. The average molecular weight is 562 g/mol. The summed E-state index contributed by atoms with van der Waals surface area (Å²) in [7, 11) is 0. The van der Waals surface area contributed by atoms with E-state index in [9.17, 15) is 19.2 Å². The molecule has 4 amide bonds. The van der Waals surface area contributed by atoms with Crippen LogP contribution >= 0.6 is 0 Å². The Bertz CT molecular complexity index is 1280. The largest absolute Gasteiger partial charge is 0.347 e. The molecule has 2 aromatic carbocycles. The average Bonchev–Trinajstić information content (AvgIpc) is 3.35. The van der Waals surface area contributed by atoms with Crippen LogP contribution in [0, 0.1) is 12.3 Å². The molecule has 0 unspecified atom stereocenters. The second kappa shape index (κ2) is 12.4. The highest BCUT2D eigenvalue weighted by molar-refractivity contribution is 5.96. The van der Waals surface area contributed by atoms with Gasteiger partial charge in [0.05, 0.1) is 12.1 Å². The zero-order valence-corrected chi connectivity index (χ0v) is 24.7. The van der Waals surface area contributed by atoms with Crippen molar-refractivity contribution in [2.45, 2.75) is 90.5 Å². The van der Waals surface area contributed by atoms with E-state index >= 15 is 0 Å². The van der Waals surface area contributed by atoms with Crippen LogP contribution < -0.4 is 21.7 Å². The molecule has 1 heterocycles. The van der Waals surface area contributed by atoms with Gasteiger partial charge in [-0.15, -0.1) is 0 Å². The Hall–Kier alpha value is -3.72. The number of amides is 4. The van der Waals surface area contributed by atoms with Crippen LogP contribution in [0.1, 0.15) is 80.0 Å². The summed E-state index contributed by atoms with van der Waals surface area (Å²) in [5.74, 6) is -1.34. The molecule has 1 aliphatic heterocycles. The maximum absolute atomic E-state index is 14.1. The van der Waals surface area contributed by atoms with E-state index in [1.807, 2.05) is 58.0 Å². The number of fused-ring (bicyclic) bond motifs is 1. The van der Waals surface area contributed by atoms with E-state index in [0.717, 1.165) is 30.4 Å². The van der Waals surface area contributed by atoms with Gasteiger partial charge in [0.25, 0.3) is 5.91 Å². The van der Waals surface area contributed by atoms with Crippen molar-refractivity contribution >= 4 is 23.6 Å². The van der Waals surface area contributed by atoms with Crippen molar-refractivity contribution in [2.24, 2.45) is 11.1 Å². The number of benzene rings is 2. The molecule has 1 fully saturated rings. The monoisotopic (exact) mass is 561 g/mol. The molecule has 1 saturated heterocycles. The molecule has 0 radical (unpaired) electrons. The summed E-state index contributed by atoms with van der Waals surface area (Å²) in [4.78, 5) is 55.1. The summed E-state index contributed by atoms with van der Waals surface area (Å²) in [6.07, 6.45) is 3.00. The third kappa shape index (κ3) is 7.14. The van der Waals surface area contributed by atoms with Gasteiger partial charge in [-0.3, -0.25) is 19.2 Å². The molecule has 220 valence electrons. The van der Waals surface area contributed by atoms with Crippen molar-refractivity contribution in [1.82, 2.24) is 20.9 Å². The Balaban J connectivity index is 1.59. The van der Waals surface area contributed by atoms with Gasteiger partial charge in [0.15, 0.2) is 0 Å². The first-order chi connectivity index (χ1) is 19.3. The molecule has 9 heteroatoms. The van der Waals surface area contributed by atoms with E-state index in [4.69, 9.17) is 5.73 Å². The summed E-state index contributed by atoms with van der Waals surface area (Å²) in [6, 6.07) is 12.3. The number of likely N-dealkylation sites (tertiary alicyclic amines) is 1. The molecule has 9 nitrogen and oxygen atoms in total. The van der Waals surface area contributed by atoms with Crippen LogP contribution in [0.5, 0.6) is 0 Å². The topological polar surface area (TPSA) is 134 Å². The Morgan fingerprint density at radius 2 is 1.68 bits per heavy atom. The number of carbonyl (C=O) groups is 4. The van der Waals surface area contributed by atoms with Crippen LogP contribution in [0.25, 0.3) is 0 Å². The summed E-state index contributed by atoms with van der Waals surface area (Å²) < 4.78 is 0. The SMILES string of the molecule is Cc1ccc(C(=O)N[C@H]2C[C@@H](C(=O)N[C@@H]3CCCc4ccccc43)N(C(=O)[C@@H](NC(=O)[C@H](C)N)C(C)(C)C)C2)cc1. The first-order valence-electron chi connectivity index (χ1n) is 14.5. The zero-order chi connectivity index (χ0) is 29.9. The number of rotatable bonds is 7. The molecule has 0 saturated carbocycles. The second-order valence-corrected chi connectivity index (χ2v) is 12.5. The number of hydrogen-bond acceptors (Lipinski definition) is 5. The lowest BCUT2D eigenvalue weighted by Gasteiger charge is -2.36. The second-order valence-electron chi connectivity index (χ2n) is 12.5. The first-order valence-corrected chi connectivity index (χ1v) is 14.5. The van der Waals surface area contributed by atoms with Gasteiger partial charge >= 0.3 is 0 Å². The minimum absolute atomic E-state index is 0.149. The van der Waals surface area contributed by atoms with Gasteiger partial charge in [0.1, 0.15) is 12.1 Å². The minimum Gasteiger partial charge on any atom is -0.347 e.